The Labute approximate surface area is 72.1 Å². The fourth-order valence-corrected chi connectivity index (χ4v) is 1.22. The van der Waals surface area contributed by atoms with E-state index in [0.29, 0.717) is 0 Å². The van der Waals surface area contributed by atoms with Gasteiger partial charge in [-0.15, -0.1) is 0 Å². The number of ether oxygens (including phenoxy) is 1. The van der Waals surface area contributed by atoms with Gasteiger partial charge in [0.15, 0.2) is 5.44 Å². The van der Waals surface area contributed by atoms with E-state index in [1.807, 2.05) is 0 Å². The largest absolute Gasteiger partial charge is 0.379 e. The van der Waals surface area contributed by atoms with Gasteiger partial charge >= 0.3 is 0 Å². The summed E-state index contributed by atoms with van der Waals surface area (Å²) in [6.07, 6.45) is -0.164. The fourth-order valence-electron chi connectivity index (χ4n) is 0.609. The molecule has 0 aliphatic rings. The standard InChI is InChI=1S/C6H14O5S/c1-6(2,11-3)4-5(7)12(8,9)10/h5,7H,4H2,1-3H3,(H,8,9,10). The predicted molar refractivity (Wildman–Crippen MR) is 43.3 cm³/mol. The van der Waals surface area contributed by atoms with E-state index in [9.17, 15) is 8.42 Å². The predicted octanol–water partition coefficient (Wildman–Crippen LogP) is 0.00770. The average Bonchev–Trinajstić information content (AvgIpc) is 1.85. The van der Waals surface area contributed by atoms with Gasteiger partial charge in [0.25, 0.3) is 10.1 Å². The van der Waals surface area contributed by atoms with Crippen LogP contribution in [0.15, 0.2) is 0 Å². The molecule has 0 radical (unpaired) electrons. The van der Waals surface area contributed by atoms with Crippen molar-refractivity contribution < 1.29 is 22.8 Å². The lowest BCUT2D eigenvalue weighted by molar-refractivity contribution is -0.00538. The zero-order chi connectivity index (χ0) is 9.99. The maximum absolute atomic E-state index is 10.4. The van der Waals surface area contributed by atoms with Crippen LogP contribution in [0.3, 0.4) is 0 Å². The molecule has 1 unspecified atom stereocenters. The summed E-state index contributed by atoms with van der Waals surface area (Å²) in [7, 11) is -2.97. The fraction of sp³-hybridized carbons (Fsp3) is 1.00. The second-order valence-corrected chi connectivity index (χ2v) is 4.71. The molecule has 0 aromatic rings. The molecule has 0 bridgehead atoms. The van der Waals surface area contributed by atoms with Gasteiger partial charge in [0, 0.05) is 13.5 Å². The first-order valence-corrected chi connectivity index (χ1v) is 4.89. The van der Waals surface area contributed by atoms with Gasteiger partial charge in [-0.2, -0.15) is 8.42 Å². The van der Waals surface area contributed by atoms with Crippen molar-refractivity contribution in [2.24, 2.45) is 0 Å². The number of aliphatic hydroxyl groups is 1. The van der Waals surface area contributed by atoms with Crippen molar-refractivity contribution in [3.05, 3.63) is 0 Å². The SMILES string of the molecule is COC(C)(C)CC(O)S(=O)(=O)O. The third-order valence-corrected chi connectivity index (χ3v) is 2.42. The molecule has 0 saturated heterocycles. The van der Waals surface area contributed by atoms with E-state index >= 15 is 0 Å². The van der Waals surface area contributed by atoms with Gasteiger partial charge in [0.2, 0.25) is 0 Å². The normalized spacial score (nSPS) is 16.1. The van der Waals surface area contributed by atoms with E-state index < -0.39 is 21.2 Å². The monoisotopic (exact) mass is 198 g/mol. The third-order valence-electron chi connectivity index (χ3n) is 1.56. The van der Waals surface area contributed by atoms with Crippen LogP contribution in [0.5, 0.6) is 0 Å². The number of hydrogen-bond acceptors (Lipinski definition) is 4. The minimum absolute atomic E-state index is 0.164. The van der Waals surface area contributed by atoms with Gasteiger partial charge in [0.05, 0.1) is 5.60 Å². The molecular formula is C6H14O5S. The first kappa shape index (κ1) is 11.8. The summed E-state index contributed by atoms with van der Waals surface area (Å²) in [5.74, 6) is 0. The quantitative estimate of drug-likeness (QED) is 0.621. The molecule has 0 rings (SSSR count). The molecule has 0 aromatic carbocycles. The van der Waals surface area contributed by atoms with Crippen LogP contribution in [0.2, 0.25) is 0 Å². The Hall–Kier alpha value is -0.170. The highest BCUT2D eigenvalue weighted by Gasteiger charge is 2.28. The summed E-state index contributed by atoms with van der Waals surface area (Å²) >= 11 is 0. The molecule has 1 atom stereocenters. The van der Waals surface area contributed by atoms with Crippen molar-refractivity contribution in [2.75, 3.05) is 7.11 Å². The van der Waals surface area contributed by atoms with Crippen LogP contribution in [-0.4, -0.2) is 36.2 Å². The van der Waals surface area contributed by atoms with E-state index in [1.165, 1.54) is 7.11 Å². The Morgan fingerprint density at radius 2 is 1.92 bits per heavy atom. The Bertz CT molecular complexity index is 230. The molecule has 0 aromatic heterocycles. The Kier molecular flexibility index (Phi) is 3.64. The molecule has 2 N–H and O–H groups in total. The molecule has 0 aliphatic heterocycles. The van der Waals surface area contributed by atoms with Crippen LogP contribution in [0.4, 0.5) is 0 Å². The van der Waals surface area contributed by atoms with Gasteiger partial charge in [-0.05, 0) is 13.8 Å². The topological polar surface area (TPSA) is 83.8 Å². The molecule has 0 fully saturated rings. The second-order valence-electron chi connectivity index (χ2n) is 3.14. The van der Waals surface area contributed by atoms with Crippen molar-refractivity contribution in [2.45, 2.75) is 31.3 Å². The lowest BCUT2D eigenvalue weighted by atomic mass is 10.1. The summed E-state index contributed by atoms with van der Waals surface area (Å²) in [5, 5.41) is 8.93. The van der Waals surface area contributed by atoms with Crippen molar-refractivity contribution in [3.8, 4) is 0 Å². The van der Waals surface area contributed by atoms with Crippen molar-refractivity contribution in [1.29, 1.82) is 0 Å². The maximum atomic E-state index is 10.4. The Balaban J connectivity index is 4.29. The average molecular weight is 198 g/mol. The molecule has 0 spiro atoms. The zero-order valence-electron chi connectivity index (χ0n) is 7.31. The highest BCUT2D eigenvalue weighted by molar-refractivity contribution is 7.86. The Morgan fingerprint density at radius 3 is 2.17 bits per heavy atom. The molecular weight excluding hydrogens is 184 g/mol. The van der Waals surface area contributed by atoms with Gasteiger partial charge in [-0.25, -0.2) is 0 Å². The Morgan fingerprint density at radius 1 is 1.50 bits per heavy atom. The maximum Gasteiger partial charge on any atom is 0.292 e. The summed E-state index contributed by atoms with van der Waals surface area (Å²) < 4.78 is 34.0. The highest BCUT2D eigenvalue weighted by atomic mass is 32.2. The smallest absolute Gasteiger partial charge is 0.292 e. The summed E-state index contributed by atoms with van der Waals surface area (Å²) in [6, 6.07) is 0. The van der Waals surface area contributed by atoms with Crippen LogP contribution < -0.4 is 0 Å². The van der Waals surface area contributed by atoms with Gasteiger partial charge in [0.1, 0.15) is 0 Å². The third kappa shape index (κ3) is 4.01. The van der Waals surface area contributed by atoms with Crippen LogP contribution in [0, 0.1) is 0 Å². The van der Waals surface area contributed by atoms with E-state index in [4.69, 9.17) is 14.4 Å². The molecule has 0 amide bonds. The minimum Gasteiger partial charge on any atom is -0.379 e. The van der Waals surface area contributed by atoms with E-state index in [1.54, 1.807) is 13.8 Å². The van der Waals surface area contributed by atoms with Crippen LogP contribution in [0.1, 0.15) is 20.3 Å². The molecule has 0 heterocycles. The molecule has 5 nitrogen and oxygen atoms in total. The van der Waals surface area contributed by atoms with Crippen LogP contribution in [-0.2, 0) is 14.9 Å². The summed E-state index contributed by atoms with van der Waals surface area (Å²) in [5.41, 5.74) is -2.55. The minimum atomic E-state index is -4.37. The first-order valence-electron chi connectivity index (χ1n) is 3.38. The zero-order valence-corrected chi connectivity index (χ0v) is 8.13. The van der Waals surface area contributed by atoms with Gasteiger partial charge in [-0.3, -0.25) is 4.55 Å². The summed E-state index contributed by atoms with van der Waals surface area (Å²) in [4.78, 5) is 0. The first-order chi connectivity index (χ1) is 5.19. The van der Waals surface area contributed by atoms with Crippen LogP contribution in [0.25, 0.3) is 0 Å². The molecule has 0 aliphatic carbocycles. The van der Waals surface area contributed by atoms with E-state index in [2.05, 4.69) is 0 Å². The number of hydrogen-bond donors (Lipinski definition) is 2. The number of methoxy groups -OCH3 is 1. The lowest BCUT2D eigenvalue weighted by Gasteiger charge is -2.24. The molecule has 6 heteroatoms. The second kappa shape index (κ2) is 3.69. The van der Waals surface area contributed by atoms with Crippen molar-refractivity contribution in [3.63, 3.8) is 0 Å². The van der Waals surface area contributed by atoms with E-state index in [-0.39, 0.29) is 6.42 Å². The van der Waals surface area contributed by atoms with Crippen molar-refractivity contribution in [1.82, 2.24) is 0 Å². The molecule has 74 valence electrons. The summed E-state index contributed by atoms with van der Waals surface area (Å²) in [6.45, 7) is 3.22. The lowest BCUT2D eigenvalue weighted by Crippen LogP contribution is -2.32. The molecule has 0 saturated carbocycles. The van der Waals surface area contributed by atoms with Crippen molar-refractivity contribution >= 4 is 10.1 Å². The van der Waals surface area contributed by atoms with Gasteiger partial charge < -0.3 is 9.84 Å². The number of rotatable bonds is 4. The van der Waals surface area contributed by atoms with Gasteiger partial charge in [-0.1, -0.05) is 0 Å². The highest BCUT2D eigenvalue weighted by Crippen LogP contribution is 2.17. The molecule has 12 heavy (non-hydrogen) atoms. The number of aliphatic hydroxyl groups excluding tert-OH is 1. The van der Waals surface area contributed by atoms with E-state index in [0.717, 1.165) is 0 Å². The van der Waals surface area contributed by atoms with Crippen LogP contribution >= 0.6 is 0 Å².